The highest BCUT2D eigenvalue weighted by Gasteiger charge is 2.04. The second-order valence-corrected chi connectivity index (χ2v) is 4.89. The Morgan fingerprint density at radius 3 is 2.57 bits per heavy atom. The molecule has 0 unspecified atom stereocenters. The zero-order valence-electron chi connectivity index (χ0n) is 13.2. The molecule has 2 aromatic carbocycles. The average Bonchev–Trinajstić information content (AvgIpc) is 2.56. The number of amides is 1. The maximum atomic E-state index is 13.5. The summed E-state index contributed by atoms with van der Waals surface area (Å²) in [6, 6.07) is 9.83. The van der Waals surface area contributed by atoms with Gasteiger partial charge in [-0.25, -0.2) is 4.39 Å². The van der Waals surface area contributed by atoms with E-state index < -0.39 is 0 Å². The lowest BCUT2D eigenvalue weighted by atomic mass is 10.1. The van der Waals surface area contributed by atoms with E-state index in [1.54, 1.807) is 57.6 Å². The van der Waals surface area contributed by atoms with E-state index in [1.807, 2.05) is 0 Å². The fraction of sp³-hybridized carbons (Fsp3) is 0.167. The molecule has 0 spiro atoms. The number of halogens is 1. The molecule has 0 bridgehead atoms. The zero-order chi connectivity index (χ0) is 16.8. The molecule has 5 heteroatoms. The lowest BCUT2D eigenvalue weighted by molar-refractivity contribution is -0.111. The van der Waals surface area contributed by atoms with Gasteiger partial charge in [-0.15, -0.1) is 0 Å². The van der Waals surface area contributed by atoms with Crippen molar-refractivity contribution < 1.29 is 18.7 Å². The number of carbonyl (C=O) groups is 1. The summed E-state index contributed by atoms with van der Waals surface area (Å²) in [6.07, 6.45) is 2.97. The number of anilines is 1. The highest BCUT2D eigenvalue weighted by Crippen LogP contribution is 2.25. The Balaban J connectivity index is 2.13. The first-order valence-electron chi connectivity index (χ1n) is 7.00. The Labute approximate surface area is 134 Å². The van der Waals surface area contributed by atoms with Crippen LogP contribution < -0.4 is 14.8 Å². The summed E-state index contributed by atoms with van der Waals surface area (Å²) < 4.78 is 23.8. The van der Waals surface area contributed by atoms with E-state index in [-0.39, 0.29) is 11.7 Å². The number of nitrogens with one attached hydrogen (secondary N) is 1. The molecule has 0 saturated carbocycles. The van der Waals surface area contributed by atoms with Crippen LogP contribution in [0.4, 0.5) is 10.1 Å². The number of carbonyl (C=O) groups excluding carboxylic acids is 1. The fourth-order valence-corrected chi connectivity index (χ4v) is 1.99. The quantitative estimate of drug-likeness (QED) is 0.854. The second kappa shape index (κ2) is 7.45. The summed E-state index contributed by atoms with van der Waals surface area (Å²) in [6.45, 7) is 1.66. The van der Waals surface area contributed by atoms with Gasteiger partial charge in [-0.3, -0.25) is 4.79 Å². The lowest BCUT2D eigenvalue weighted by Crippen LogP contribution is -2.08. The van der Waals surface area contributed by atoms with E-state index in [2.05, 4.69) is 5.32 Å². The maximum Gasteiger partial charge on any atom is 0.248 e. The van der Waals surface area contributed by atoms with Crippen LogP contribution in [0, 0.1) is 12.7 Å². The molecule has 1 N–H and O–H groups in total. The summed E-state index contributed by atoms with van der Waals surface area (Å²) in [5.74, 6) is 0.557. The van der Waals surface area contributed by atoms with Crippen LogP contribution in [0.5, 0.6) is 11.5 Å². The smallest absolute Gasteiger partial charge is 0.248 e. The molecule has 120 valence electrons. The molecule has 0 aliphatic carbocycles. The number of methoxy groups -OCH3 is 2. The van der Waals surface area contributed by atoms with Crippen molar-refractivity contribution in [2.24, 2.45) is 0 Å². The van der Waals surface area contributed by atoms with Gasteiger partial charge in [-0.2, -0.15) is 0 Å². The average molecular weight is 315 g/mol. The normalized spacial score (nSPS) is 10.6. The van der Waals surface area contributed by atoms with E-state index >= 15 is 0 Å². The highest BCUT2D eigenvalue weighted by molar-refractivity contribution is 6.02. The van der Waals surface area contributed by atoms with Crippen LogP contribution in [-0.2, 0) is 4.79 Å². The third-order valence-electron chi connectivity index (χ3n) is 3.29. The van der Waals surface area contributed by atoms with Gasteiger partial charge in [0.15, 0.2) is 0 Å². The van der Waals surface area contributed by atoms with Crippen LogP contribution in [0.15, 0.2) is 42.5 Å². The Hall–Kier alpha value is -2.82. The lowest BCUT2D eigenvalue weighted by Gasteiger charge is -2.07. The largest absolute Gasteiger partial charge is 0.497 e. The minimum absolute atomic E-state index is 0.360. The van der Waals surface area contributed by atoms with Gasteiger partial charge in [-0.05, 0) is 48.9 Å². The molecule has 2 rings (SSSR count). The van der Waals surface area contributed by atoms with Crippen molar-refractivity contribution in [2.75, 3.05) is 19.5 Å². The van der Waals surface area contributed by atoms with Crippen LogP contribution in [-0.4, -0.2) is 20.1 Å². The first kappa shape index (κ1) is 16.5. The molecule has 0 aliphatic rings. The molecule has 0 fully saturated rings. The SMILES string of the molecule is COc1ccc(OC)c(/C=C/C(=O)Nc2ccc(C)c(F)c2)c1. The minimum Gasteiger partial charge on any atom is -0.497 e. The molecule has 0 radical (unpaired) electrons. The standard InChI is InChI=1S/C18H18FNO3/c1-12-4-6-14(11-16(12)19)20-18(21)9-5-13-10-15(22-2)7-8-17(13)23-3/h4-11H,1-3H3,(H,20,21)/b9-5+. The number of rotatable bonds is 5. The molecular weight excluding hydrogens is 297 g/mol. The van der Waals surface area contributed by atoms with Crippen molar-refractivity contribution in [1.82, 2.24) is 0 Å². The number of hydrogen-bond donors (Lipinski definition) is 1. The molecular formula is C18H18FNO3. The van der Waals surface area contributed by atoms with Crippen molar-refractivity contribution in [1.29, 1.82) is 0 Å². The third-order valence-corrected chi connectivity index (χ3v) is 3.29. The number of aryl methyl sites for hydroxylation is 1. The van der Waals surface area contributed by atoms with E-state index in [4.69, 9.17) is 9.47 Å². The molecule has 1 amide bonds. The van der Waals surface area contributed by atoms with Crippen molar-refractivity contribution in [3.63, 3.8) is 0 Å². The Kier molecular flexibility index (Phi) is 5.36. The number of hydrogen-bond acceptors (Lipinski definition) is 3. The molecule has 0 aromatic heterocycles. The number of benzene rings is 2. The Morgan fingerprint density at radius 2 is 1.91 bits per heavy atom. The highest BCUT2D eigenvalue weighted by atomic mass is 19.1. The third kappa shape index (κ3) is 4.32. The van der Waals surface area contributed by atoms with Gasteiger partial charge in [0.05, 0.1) is 14.2 Å². The van der Waals surface area contributed by atoms with E-state index in [1.165, 1.54) is 12.1 Å². The fourth-order valence-electron chi connectivity index (χ4n) is 1.99. The Morgan fingerprint density at radius 1 is 1.13 bits per heavy atom. The molecule has 0 heterocycles. The minimum atomic E-state index is -0.363. The monoisotopic (exact) mass is 315 g/mol. The van der Waals surface area contributed by atoms with Gasteiger partial charge in [0.25, 0.3) is 0 Å². The van der Waals surface area contributed by atoms with Gasteiger partial charge >= 0.3 is 0 Å². The molecule has 0 atom stereocenters. The maximum absolute atomic E-state index is 13.5. The first-order valence-corrected chi connectivity index (χ1v) is 7.00. The van der Waals surface area contributed by atoms with Crippen LogP contribution in [0.25, 0.3) is 6.08 Å². The van der Waals surface area contributed by atoms with Crippen LogP contribution in [0.2, 0.25) is 0 Å². The van der Waals surface area contributed by atoms with Crippen molar-refractivity contribution >= 4 is 17.7 Å². The topological polar surface area (TPSA) is 47.6 Å². The van der Waals surface area contributed by atoms with Crippen molar-refractivity contribution in [3.8, 4) is 11.5 Å². The predicted molar refractivity (Wildman–Crippen MR) is 88.3 cm³/mol. The van der Waals surface area contributed by atoms with Gasteiger partial charge in [-0.1, -0.05) is 6.07 Å². The zero-order valence-corrected chi connectivity index (χ0v) is 13.2. The van der Waals surface area contributed by atoms with Gasteiger partial charge in [0.2, 0.25) is 5.91 Å². The summed E-state index contributed by atoms with van der Waals surface area (Å²) in [4.78, 5) is 11.9. The number of ether oxygens (including phenoxy) is 2. The van der Waals surface area contributed by atoms with E-state index in [0.29, 0.717) is 28.3 Å². The Bertz CT molecular complexity index is 741. The van der Waals surface area contributed by atoms with Crippen molar-refractivity contribution in [3.05, 3.63) is 59.4 Å². The summed E-state index contributed by atoms with van der Waals surface area (Å²) in [7, 11) is 3.11. The van der Waals surface area contributed by atoms with Crippen LogP contribution in [0.3, 0.4) is 0 Å². The van der Waals surface area contributed by atoms with E-state index in [0.717, 1.165) is 0 Å². The molecule has 2 aromatic rings. The molecule has 4 nitrogen and oxygen atoms in total. The summed E-state index contributed by atoms with van der Waals surface area (Å²) >= 11 is 0. The molecule has 23 heavy (non-hydrogen) atoms. The van der Waals surface area contributed by atoms with E-state index in [9.17, 15) is 9.18 Å². The molecule has 0 saturated heterocycles. The van der Waals surface area contributed by atoms with Crippen molar-refractivity contribution in [2.45, 2.75) is 6.92 Å². The molecule has 0 aliphatic heterocycles. The van der Waals surface area contributed by atoms with Gasteiger partial charge < -0.3 is 14.8 Å². The predicted octanol–water partition coefficient (Wildman–Crippen LogP) is 3.80. The second-order valence-electron chi connectivity index (χ2n) is 4.89. The summed E-state index contributed by atoms with van der Waals surface area (Å²) in [5.41, 5.74) is 1.64. The first-order chi connectivity index (χ1) is 11.0. The van der Waals surface area contributed by atoms with Crippen LogP contribution in [0.1, 0.15) is 11.1 Å². The summed E-state index contributed by atoms with van der Waals surface area (Å²) in [5, 5.41) is 2.61. The van der Waals surface area contributed by atoms with Gasteiger partial charge in [0.1, 0.15) is 17.3 Å². The van der Waals surface area contributed by atoms with Crippen LogP contribution >= 0.6 is 0 Å². The van der Waals surface area contributed by atoms with Gasteiger partial charge in [0, 0.05) is 17.3 Å².